The monoisotopic (exact) mass is 282 g/mol. The molecule has 0 saturated carbocycles. The normalized spacial score (nSPS) is 13.1. The van der Waals surface area contributed by atoms with Crippen molar-refractivity contribution in [3.05, 3.63) is 63.7 Å². The van der Waals surface area contributed by atoms with E-state index < -0.39 is 4.92 Å². The van der Waals surface area contributed by atoms with Crippen molar-refractivity contribution in [3.8, 4) is 0 Å². The third-order valence-corrected chi connectivity index (χ3v) is 3.76. The van der Waals surface area contributed by atoms with E-state index in [1.165, 1.54) is 24.6 Å². The summed E-state index contributed by atoms with van der Waals surface area (Å²) in [6.45, 7) is 2.13. The van der Waals surface area contributed by atoms with Gasteiger partial charge in [-0.15, -0.1) is 0 Å². The van der Waals surface area contributed by atoms with Crippen LogP contribution in [0.2, 0.25) is 0 Å². The minimum absolute atomic E-state index is 0.135. The van der Waals surface area contributed by atoms with Crippen molar-refractivity contribution < 1.29 is 9.72 Å². The van der Waals surface area contributed by atoms with Crippen LogP contribution in [0.5, 0.6) is 0 Å². The molecule has 0 unspecified atom stereocenters. The molecular weight excluding hydrogens is 268 g/mol. The molecule has 0 spiro atoms. The number of fused-ring (bicyclic) bond motifs is 1. The minimum atomic E-state index is -0.498. The number of hydrogen-bond acceptors (Lipinski definition) is 4. The number of ketones is 1. The number of nitro groups is 1. The zero-order chi connectivity index (χ0) is 15.0. The summed E-state index contributed by atoms with van der Waals surface area (Å²) in [6.07, 6.45) is 0.915. The van der Waals surface area contributed by atoms with Crippen LogP contribution in [0.25, 0.3) is 0 Å². The average molecular weight is 282 g/mol. The van der Waals surface area contributed by atoms with Crippen molar-refractivity contribution in [2.75, 3.05) is 11.4 Å². The molecule has 0 N–H and O–H groups in total. The Hall–Kier alpha value is -2.69. The Kier molecular flexibility index (Phi) is 3.17. The van der Waals surface area contributed by atoms with Crippen molar-refractivity contribution in [2.24, 2.45) is 0 Å². The highest BCUT2D eigenvalue weighted by Gasteiger charge is 2.24. The highest BCUT2D eigenvalue weighted by atomic mass is 16.6. The van der Waals surface area contributed by atoms with Crippen LogP contribution >= 0.6 is 0 Å². The molecular formula is C16H14N2O3. The lowest BCUT2D eigenvalue weighted by molar-refractivity contribution is -0.385. The fourth-order valence-corrected chi connectivity index (χ4v) is 2.74. The quantitative estimate of drug-likeness (QED) is 0.491. The topological polar surface area (TPSA) is 63.5 Å². The lowest BCUT2D eigenvalue weighted by Crippen LogP contribution is -2.14. The van der Waals surface area contributed by atoms with Gasteiger partial charge in [0.2, 0.25) is 0 Å². The number of rotatable bonds is 3. The average Bonchev–Trinajstić information content (AvgIpc) is 2.90. The second kappa shape index (κ2) is 5.01. The molecule has 1 aliphatic heterocycles. The van der Waals surface area contributed by atoms with Gasteiger partial charge in [-0.1, -0.05) is 18.2 Å². The van der Waals surface area contributed by atoms with Crippen molar-refractivity contribution in [1.82, 2.24) is 0 Å². The zero-order valence-electron chi connectivity index (χ0n) is 11.6. The number of carbonyl (C=O) groups excluding carboxylic acids is 1. The fourth-order valence-electron chi connectivity index (χ4n) is 2.74. The van der Waals surface area contributed by atoms with Crippen molar-refractivity contribution in [1.29, 1.82) is 0 Å². The third-order valence-electron chi connectivity index (χ3n) is 3.76. The van der Waals surface area contributed by atoms with Crippen LogP contribution < -0.4 is 4.90 Å². The summed E-state index contributed by atoms with van der Waals surface area (Å²) in [6, 6.07) is 12.8. The van der Waals surface area contributed by atoms with Crippen LogP contribution in [0, 0.1) is 10.1 Å². The lowest BCUT2D eigenvalue weighted by Gasteiger charge is -2.19. The molecule has 106 valence electrons. The van der Waals surface area contributed by atoms with E-state index in [-0.39, 0.29) is 17.0 Å². The predicted molar refractivity (Wildman–Crippen MR) is 80.3 cm³/mol. The summed E-state index contributed by atoms with van der Waals surface area (Å²) in [5.41, 5.74) is 3.07. The summed E-state index contributed by atoms with van der Waals surface area (Å²) < 4.78 is 0. The summed E-state index contributed by atoms with van der Waals surface area (Å²) in [5, 5.41) is 11.2. The number of benzene rings is 2. The number of Topliss-reactive ketones (excluding diaryl/α,β-unsaturated/α-hetero) is 1. The Bertz CT molecular complexity index is 740. The van der Waals surface area contributed by atoms with Gasteiger partial charge in [0.25, 0.3) is 5.69 Å². The molecule has 2 aromatic rings. The van der Waals surface area contributed by atoms with Gasteiger partial charge in [-0.05, 0) is 37.1 Å². The second-order valence-electron chi connectivity index (χ2n) is 5.05. The molecule has 0 aliphatic carbocycles. The number of nitro benzene ring substituents is 1. The van der Waals surface area contributed by atoms with Crippen LogP contribution in [0.1, 0.15) is 22.8 Å². The Labute approximate surface area is 122 Å². The smallest absolute Gasteiger partial charge is 0.282 e. The van der Waals surface area contributed by atoms with Gasteiger partial charge in [-0.25, -0.2) is 0 Å². The molecule has 0 aromatic heterocycles. The first kappa shape index (κ1) is 13.3. The molecule has 21 heavy (non-hydrogen) atoms. The Morgan fingerprint density at radius 2 is 2.00 bits per heavy atom. The molecule has 0 fully saturated rings. The maximum Gasteiger partial charge on any atom is 0.282 e. The molecule has 0 atom stereocenters. The highest BCUT2D eigenvalue weighted by molar-refractivity contribution is 5.98. The molecule has 5 heteroatoms. The van der Waals surface area contributed by atoms with E-state index in [1.807, 2.05) is 23.1 Å². The van der Waals surface area contributed by atoms with Gasteiger partial charge >= 0.3 is 0 Å². The largest absolute Gasteiger partial charge is 0.341 e. The molecule has 0 saturated heterocycles. The SMILES string of the molecule is CC(=O)c1ccc(N2CCc3ccccc32)cc1[N+](=O)[O-]. The first-order chi connectivity index (χ1) is 10.1. The van der Waals surface area contributed by atoms with Crippen molar-refractivity contribution in [3.63, 3.8) is 0 Å². The van der Waals surface area contributed by atoms with Gasteiger partial charge in [0.1, 0.15) is 0 Å². The van der Waals surface area contributed by atoms with Crippen LogP contribution in [0.15, 0.2) is 42.5 Å². The first-order valence-electron chi connectivity index (χ1n) is 6.73. The molecule has 1 heterocycles. The number of hydrogen-bond donors (Lipinski definition) is 0. The Morgan fingerprint density at radius 3 is 2.71 bits per heavy atom. The van der Waals surface area contributed by atoms with Crippen LogP contribution in [-0.4, -0.2) is 17.3 Å². The van der Waals surface area contributed by atoms with Gasteiger partial charge in [0, 0.05) is 24.0 Å². The van der Waals surface area contributed by atoms with E-state index >= 15 is 0 Å². The van der Waals surface area contributed by atoms with E-state index in [0.717, 1.165) is 24.3 Å². The zero-order valence-corrected chi connectivity index (χ0v) is 11.6. The fraction of sp³-hybridized carbons (Fsp3) is 0.188. The van der Waals surface area contributed by atoms with E-state index in [4.69, 9.17) is 0 Å². The standard InChI is InChI=1S/C16H14N2O3/c1-11(19)14-7-6-13(10-16(14)18(20)21)17-9-8-12-4-2-3-5-15(12)17/h2-7,10H,8-9H2,1H3. The predicted octanol–water partition coefficient (Wildman–Crippen LogP) is 3.49. The molecule has 1 aliphatic rings. The number of carbonyl (C=O) groups is 1. The van der Waals surface area contributed by atoms with E-state index in [2.05, 4.69) is 6.07 Å². The van der Waals surface area contributed by atoms with Gasteiger partial charge in [-0.3, -0.25) is 14.9 Å². The maximum atomic E-state index is 11.5. The Morgan fingerprint density at radius 1 is 1.24 bits per heavy atom. The molecule has 0 bridgehead atoms. The third kappa shape index (κ3) is 2.27. The van der Waals surface area contributed by atoms with Crippen molar-refractivity contribution in [2.45, 2.75) is 13.3 Å². The number of anilines is 2. The van der Waals surface area contributed by atoms with E-state index in [1.54, 1.807) is 6.07 Å². The summed E-state index contributed by atoms with van der Waals surface area (Å²) in [4.78, 5) is 24.2. The van der Waals surface area contributed by atoms with Gasteiger partial charge in [0.05, 0.1) is 10.5 Å². The number of nitrogens with zero attached hydrogens (tertiary/aromatic N) is 2. The molecule has 0 radical (unpaired) electrons. The lowest BCUT2D eigenvalue weighted by atomic mass is 10.1. The van der Waals surface area contributed by atoms with Crippen LogP contribution in [0.4, 0.5) is 17.1 Å². The van der Waals surface area contributed by atoms with Gasteiger partial charge < -0.3 is 4.90 Å². The maximum absolute atomic E-state index is 11.5. The summed E-state index contributed by atoms with van der Waals surface area (Å²) in [5.74, 6) is -0.296. The van der Waals surface area contributed by atoms with Gasteiger partial charge in [-0.2, -0.15) is 0 Å². The second-order valence-corrected chi connectivity index (χ2v) is 5.05. The Balaban J connectivity index is 2.07. The van der Waals surface area contributed by atoms with Gasteiger partial charge in [0.15, 0.2) is 5.78 Å². The molecule has 5 nitrogen and oxygen atoms in total. The van der Waals surface area contributed by atoms with Crippen LogP contribution in [-0.2, 0) is 6.42 Å². The first-order valence-corrected chi connectivity index (χ1v) is 6.73. The highest BCUT2D eigenvalue weighted by Crippen LogP contribution is 2.36. The number of para-hydroxylation sites is 1. The molecule has 0 amide bonds. The van der Waals surface area contributed by atoms with Crippen LogP contribution in [0.3, 0.4) is 0 Å². The molecule has 2 aromatic carbocycles. The summed E-state index contributed by atoms with van der Waals surface area (Å²) in [7, 11) is 0. The van der Waals surface area contributed by atoms with E-state index in [0.29, 0.717) is 0 Å². The van der Waals surface area contributed by atoms with E-state index in [9.17, 15) is 14.9 Å². The molecule has 3 rings (SSSR count). The summed E-state index contributed by atoms with van der Waals surface area (Å²) >= 11 is 0. The van der Waals surface area contributed by atoms with Crippen molar-refractivity contribution >= 4 is 22.8 Å². The minimum Gasteiger partial charge on any atom is -0.341 e.